The van der Waals surface area contributed by atoms with Crippen LogP contribution in [0, 0.1) is 0 Å². The smallest absolute Gasteiger partial charge is 0.0496 e. The van der Waals surface area contributed by atoms with Gasteiger partial charge in [-0.25, -0.2) is 0 Å². The maximum Gasteiger partial charge on any atom is 0.0496 e. The van der Waals surface area contributed by atoms with Gasteiger partial charge in [-0.2, -0.15) is 0 Å². The Kier molecular flexibility index (Phi) is 9.54. The fraction of sp³-hybridized carbons (Fsp3) is 0.115. The molecule has 62 heavy (non-hydrogen) atoms. The van der Waals surface area contributed by atoms with E-state index >= 15 is 0 Å². The Morgan fingerprint density at radius 1 is 0.339 bits per heavy atom. The number of nitrogens with zero attached hydrogens (tertiary/aromatic N) is 1. The van der Waals surface area contributed by atoms with Crippen molar-refractivity contribution in [3.63, 3.8) is 0 Å². The number of hydrogen-bond donors (Lipinski definition) is 0. The van der Waals surface area contributed by atoms with Crippen LogP contribution < -0.4 is 4.90 Å². The van der Waals surface area contributed by atoms with Crippen LogP contribution in [0.2, 0.25) is 0 Å². The third-order valence-electron chi connectivity index (χ3n) is 13.5. The lowest BCUT2D eigenvalue weighted by Gasteiger charge is -2.30. The van der Waals surface area contributed by atoms with E-state index < -0.39 is 0 Å². The van der Waals surface area contributed by atoms with Gasteiger partial charge in [0.2, 0.25) is 0 Å². The molecule has 0 unspecified atom stereocenters. The highest BCUT2D eigenvalue weighted by molar-refractivity contribution is 5.95. The van der Waals surface area contributed by atoms with Crippen LogP contribution in [0.4, 0.5) is 17.1 Å². The molecule has 0 atom stereocenters. The van der Waals surface area contributed by atoms with Crippen LogP contribution in [0.15, 0.2) is 212 Å². The molecule has 1 nitrogen and oxygen atoms in total. The van der Waals surface area contributed by atoms with Gasteiger partial charge in [-0.1, -0.05) is 190 Å². The Morgan fingerprint density at radius 3 is 1.47 bits per heavy atom. The molecule has 1 heteroatoms. The molecule has 0 saturated heterocycles. The Balaban J connectivity index is 1.07. The molecule has 9 aromatic rings. The molecule has 298 valence electrons. The van der Waals surface area contributed by atoms with E-state index in [4.69, 9.17) is 0 Å². The van der Waals surface area contributed by atoms with Crippen molar-refractivity contribution in [2.24, 2.45) is 0 Å². The second-order valence-electron chi connectivity index (χ2n) is 17.6. The molecule has 0 saturated carbocycles. The summed E-state index contributed by atoms with van der Waals surface area (Å²) in [5.41, 5.74) is 24.2. The normalized spacial score (nSPS) is 13.5. The molecular weight excluding hydrogens is 747 g/mol. The van der Waals surface area contributed by atoms with Gasteiger partial charge in [-0.05, 0) is 151 Å². The van der Waals surface area contributed by atoms with Crippen LogP contribution in [0.3, 0.4) is 0 Å². The number of rotatable bonds is 7. The van der Waals surface area contributed by atoms with E-state index in [0.717, 1.165) is 31.4 Å². The van der Waals surface area contributed by atoms with Crippen molar-refractivity contribution in [2.45, 2.75) is 44.9 Å². The average molecular weight is 796 g/mol. The summed E-state index contributed by atoms with van der Waals surface area (Å²) in [5, 5.41) is 0. The first-order valence-corrected chi connectivity index (χ1v) is 22.2. The van der Waals surface area contributed by atoms with Crippen LogP contribution in [0.1, 0.15) is 47.2 Å². The first-order chi connectivity index (χ1) is 30.5. The van der Waals surface area contributed by atoms with E-state index in [9.17, 15) is 0 Å². The Labute approximate surface area is 366 Å². The highest BCUT2D eigenvalue weighted by atomic mass is 15.1. The van der Waals surface area contributed by atoms with E-state index in [0.29, 0.717) is 0 Å². The van der Waals surface area contributed by atoms with Gasteiger partial charge < -0.3 is 4.90 Å². The molecule has 5 aliphatic rings. The van der Waals surface area contributed by atoms with Crippen LogP contribution in [0.5, 0.6) is 0 Å². The van der Waals surface area contributed by atoms with Crippen LogP contribution >= 0.6 is 0 Å². The largest absolute Gasteiger partial charge is 0.310 e. The summed E-state index contributed by atoms with van der Waals surface area (Å²) in [6.07, 6.45) is 3.97. The SMILES string of the molecule is CC1(C)c2cc(-c3ccccc3)ccc2-c2ccc(N(c3ccc(-c4c(-c5ccccc5)cccc4-c4ccccc4)cc3)c3cc4ccc3CCc3ccc(cc3)CC4)cc21. The Hall–Kier alpha value is -7.22. The zero-order valence-corrected chi connectivity index (χ0v) is 35.5. The van der Waals surface area contributed by atoms with E-state index in [2.05, 4.69) is 231 Å². The maximum absolute atomic E-state index is 2.55. The number of hydrogen-bond acceptors (Lipinski definition) is 1. The van der Waals surface area contributed by atoms with Gasteiger partial charge in [0.15, 0.2) is 0 Å². The summed E-state index contributed by atoms with van der Waals surface area (Å²) in [6, 6.07) is 79.4. The van der Waals surface area contributed by atoms with Gasteiger partial charge in [0.25, 0.3) is 0 Å². The molecule has 0 aromatic heterocycles. The molecule has 0 N–H and O–H groups in total. The topological polar surface area (TPSA) is 3.24 Å². The minimum absolute atomic E-state index is 0.177. The standard InChI is InChI=1S/C61H49N/c1-61(2)57-40-50(45-13-6-3-7-14-45)33-37-55(57)56-38-36-52(41-58(56)61)62(59-39-44-26-25-42-21-23-43(24-22-42)27-29-48(59)30-28-44)51-34-31-49(32-35-51)60-53(46-15-8-4-9-16-46)19-12-20-54(60)47-17-10-5-11-18-47/h3-24,28,30-41H,25-27,29H2,1-2H3. The van der Waals surface area contributed by atoms with Crippen molar-refractivity contribution < 1.29 is 0 Å². The minimum atomic E-state index is -0.177. The summed E-state index contributed by atoms with van der Waals surface area (Å²) in [6.45, 7) is 4.80. The monoisotopic (exact) mass is 795 g/mol. The van der Waals surface area contributed by atoms with Crippen molar-refractivity contribution in [3.05, 3.63) is 246 Å². The van der Waals surface area contributed by atoms with Crippen LogP contribution in [-0.2, 0) is 31.1 Å². The lowest BCUT2D eigenvalue weighted by Crippen LogP contribution is -2.17. The van der Waals surface area contributed by atoms with E-state index in [1.54, 1.807) is 0 Å². The van der Waals surface area contributed by atoms with Crippen LogP contribution in [-0.4, -0.2) is 0 Å². The van der Waals surface area contributed by atoms with Crippen LogP contribution in [0.25, 0.3) is 55.6 Å². The quantitative estimate of drug-likeness (QED) is 0.155. The summed E-state index contributed by atoms with van der Waals surface area (Å²) >= 11 is 0. The number of aryl methyl sites for hydroxylation is 4. The molecule has 4 bridgehead atoms. The van der Waals surface area contributed by atoms with Gasteiger partial charge in [0.1, 0.15) is 0 Å². The molecular formula is C61H49N. The second kappa shape index (κ2) is 15.7. The van der Waals surface area contributed by atoms with Crippen molar-refractivity contribution >= 4 is 17.1 Å². The fourth-order valence-electron chi connectivity index (χ4n) is 10.1. The van der Waals surface area contributed by atoms with Crippen molar-refractivity contribution in [2.75, 3.05) is 4.90 Å². The molecule has 0 aliphatic heterocycles. The molecule has 14 rings (SSSR count). The molecule has 0 amide bonds. The van der Waals surface area contributed by atoms with Gasteiger partial charge in [-0.15, -0.1) is 0 Å². The number of benzene rings is 9. The van der Waals surface area contributed by atoms with E-state index in [1.807, 2.05) is 0 Å². The third-order valence-corrected chi connectivity index (χ3v) is 13.5. The summed E-state index contributed by atoms with van der Waals surface area (Å²) in [4.78, 5) is 2.55. The molecule has 9 aromatic carbocycles. The minimum Gasteiger partial charge on any atom is -0.310 e. The van der Waals surface area contributed by atoms with E-state index in [1.165, 1.54) is 100 Å². The summed E-state index contributed by atoms with van der Waals surface area (Å²) in [7, 11) is 0. The second-order valence-corrected chi connectivity index (χ2v) is 17.6. The highest BCUT2D eigenvalue weighted by Gasteiger charge is 2.36. The predicted molar refractivity (Wildman–Crippen MR) is 262 cm³/mol. The lowest BCUT2D eigenvalue weighted by atomic mass is 9.81. The molecule has 0 fully saturated rings. The van der Waals surface area contributed by atoms with Gasteiger partial charge in [0, 0.05) is 22.5 Å². The Bertz CT molecular complexity index is 2990. The first kappa shape index (κ1) is 37.8. The molecule has 0 radical (unpaired) electrons. The summed E-state index contributed by atoms with van der Waals surface area (Å²) in [5.74, 6) is 0. The number of fused-ring (bicyclic) bond motifs is 3. The van der Waals surface area contributed by atoms with Crippen molar-refractivity contribution in [1.82, 2.24) is 0 Å². The average Bonchev–Trinajstić information content (AvgIpc) is 3.55. The van der Waals surface area contributed by atoms with E-state index in [-0.39, 0.29) is 5.41 Å². The Morgan fingerprint density at radius 2 is 0.839 bits per heavy atom. The van der Waals surface area contributed by atoms with Gasteiger partial charge in [-0.3, -0.25) is 0 Å². The maximum atomic E-state index is 2.55. The molecule has 0 heterocycles. The summed E-state index contributed by atoms with van der Waals surface area (Å²) < 4.78 is 0. The zero-order chi connectivity index (χ0) is 41.6. The lowest BCUT2D eigenvalue weighted by molar-refractivity contribution is 0.660. The first-order valence-electron chi connectivity index (χ1n) is 22.2. The highest BCUT2D eigenvalue weighted by Crippen LogP contribution is 2.52. The van der Waals surface area contributed by atoms with Crippen molar-refractivity contribution in [1.29, 1.82) is 0 Å². The van der Waals surface area contributed by atoms with Gasteiger partial charge in [0.05, 0.1) is 0 Å². The van der Waals surface area contributed by atoms with Gasteiger partial charge >= 0.3 is 0 Å². The third kappa shape index (κ3) is 6.85. The molecule has 0 spiro atoms. The zero-order valence-electron chi connectivity index (χ0n) is 35.5. The fourth-order valence-corrected chi connectivity index (χ4v) is 10.1. The molecule has 5 aliphatic carbocycles. The number of anilines is 3. The van der Waals surface area contributed by atoms with Crippen molar-refractivity contribution in [3.8, 4) is 55.6 Å². The predicted octanol–water partition coefficient (Wildman–Crippen LogP) is 16.0.